The molecule has 8 heterocycles. The van der Waals surface area contributed by atoms with Gasteiger partial charge in [-0.05, 0) is 95.2 Å². The number of phenolic OH excluding ortho intramolecular Hbond substituents is 1. The third-order valence-corrected chi connectivity index (χ3v) is 12.1. The van der Waals surface area contributed by atoms with Crippen LogP contribution >= 0.6 is 0 Å². The van der Waals surface area contributed by atoms with E-state index in [1.54, 1.807) is 13.0 Å². The SMILES string of the molecule is CCCCCNc1cc(-c2cc(CCC3OC34CCCC3c5c(cc6oc(C)cc(=O)c6c5O)OC(C)(C)C3OC4=O)cc(N)n2)cc(CN2C=C3N=CC=C3C2)n1. The number of allylic oxidation sites excluding steroid dienone is 1. The van der Waals surface area contributed by atoms with Gasteiger partial charge in [-0.25, -0.2) is 14.8 Å². The number of rotatable bonds is 11. The minimum Gasteiger partial charge on any atom is -0.507 e. The number of nitrogens with one attached hydrogen (secondary N) is 1. The van der Waals surface area contributed by atoms with Gasteiger partial charge in [0.1, 0.15) is 51.6 Å². The van der Waals surface area contributed by atoms with E-state index >= 15 is 0 Å². The molecule has 1 spiro atoms. The molecule has 0 bridgehead atoms. The van der Waals surface area contributed by atoms with Gasteiger partial charge in [0.15, 0.2) is 11.0 Å². The number of pyridine rings is 2. The number of aliphatic imine (C=N–C) groups is 1. The smallest absolute Gasteiger partial charge is 0.341 e. The Labute approximate surface area is 337 Å². The number of aromatic nitrogens is 2. The summed E-state index contributed by atoms with van der Waals surface area (Å²) in [5.74, 6) is 1.08. The molecule has 0 saturated carbocycles. The Kier molecular flexibility index (Phi) is 9.53. The molecule has 0 aliphatic carbocycles. The van der Waals surface area contributed by atoms with Crippen LogP contribution in [0.5, 0.6) is 11.5 Å². The van der Waals surface area contributed by atoms with E-state index in [0.29, 0.717) is 61.5 Å². The first-order chi connectivity index (χ1) is 27.9. The largest absolute Gasteiger partial charge is 0.507 e. The van der Waals surface area contributed by atoms with Crippen LogP contribution < -0.4 is 21.2 Å². The van der Waals surface area contributed by atoms with Crippen LogP contribution in [0.15, 0.2) is 74.1 Å². The van der Waals surface area contributed by atoms with Crippen LogP contribution in [-0.4, -0.2) is 68.7 Å². The Balaban J connectivity index is 0.915. The molecular formula is C45H50N6O7. The molecule has 0 amide bonds. The van der Waals surface area contributed by atoms with Gasteiger partial charge >= 0.3 is 5.97 Å². The molecule has 9 rings (SSSR count). The fourth-order valence-electron chi connectivity index (χ4n) is 9.24. The van der Waals surface area contributed by atoms with Gasteiger partial charge in [0, 0.05) is 60.3 Å². The third kappa shape index (κ3) is 6.99. The Morgan fingerprint density at radius 2 is 1.95 bits per heavy atom. The van der Waals surface area contributed by atoms with Crippen molar-refractivity contribution in [2.45, 2.75) is 115 Å². The summed E-state index contributed by atoms with van der Waals surface area (Å²) in [4.78, 5) is 43.4. The van der Waals surface area contributed by atoms with Crippen LogP contribution in [0.4, 0.5) is 11.6 Å². The molecule has 302 valence electrons. The highest BCUT2D eigenvalue weighted by Gasteiger charge is 2.65. The molecule has 4 unspecified atom stereocenters. The zero-order valence-electron chi connectivity index (χ0n) is 33.5. The van der Waals surface area contributed by atoms with Gasteiger partial charge in [-0.1, -0.05) is 19.8 Å². The number of nitrogens with two attached hydrogens (primary N) is 1. The number of epoxide rings is 1. The first kappa shape index (κ1) is 37.9. The summed E-state index contributed by atoms with van der Waals surface area (Å²) in [7, 11) is 0. The molecule has 4 N–H and O–H groups in total. The van der Waals surface area contributed by atoms with Gasteiger partial charge in [0.05, 0.1) is 29.7 Å². The number of aryl methyl sites for hydroxylation is 2. The van der Waals surface area contributed by atoms with E-state index in [-0.39, 0.29) is 34.2 Å². The number of carbonyl (C=O) groups excluding carboxylic acids is 1. The summed E-state index contributed by atoms with van der Waals surface area (Å²) >= 11 is 0. The van der Waals surface area contributed by atoms with E-state index in [4.69, 9.17) is 34.3 Å². The van der Waals surface area contributed by atoms with Crippen LogP contribution in [0.1, 0.15) is 94.2 Å². The fourth-order valence-corrected chi connectivity index (χ4v) is 9.24. The maximum atomic E-state index is 14.1. The number of esters is 1. The van der Waals surface area contributed by atoms with Crippen LogP contribution in [-0.2, 0) is 27.2 Å². The number of fused-ring (bicyclic) bond motifs is 5. The van der Waals surface area contributed by atoms with Gasteiger partial charge in [0.25, 0.3) is 0 Å². The topological polar surface area (TPSA) is 178 Å². The summed E-state index contributed by atoms with van der Waals surface area (Å²) < 4.78 is 24.8. The molecule has 0 radical (unpaired) electrons. The molecule has 1 aromatic carbocycles. The van der Waals surface area contributed by atoms with E-state index < -0.39 is 23.3 Å². The number of unbranched alkanes of at least 4 members (excludes halogenated alkanes) is 2. The maximum absolute atomic E-state index is 14.1. The molecule has 4 atom stereocenters. The first-order valence-corrected chi connectivity index (χ1v) is 20.5. The van der Waals surface area contributed by atoms with E-state index in [0.717, 1.165) is 66.4 Å². The Hall–Kier alpha value is -5.69. The zero-order valence-corrected chi connectivity index (χ0v) is 33.5. The lowest BCUT2D eigenvalue weighted by Gasteiger charge is -2.45. The predicted octanol–water partition coefficient (Wildman–Crippen LogP) is 7.24. The fraction of sp³-hybridized carbons (Fsp3) is 0.444. The molecule has 2 fully saturated rings. The van der Waals surface area contributed by atoms with Crippen molar-refractivity contribution in [2.75, 3.05) is 24.1 Å². The molecule has 13 nitrogen and oxygen atoms in total. The summed E-state index contributed by atoms with van der Waals surface area (Å²) in [6, 6.07) is 11.1. The van der Waals surface area contributed by atoms with Gasteiger partial charge < -0.3 is 39.7 Å². The Bertz CT molecular complexity index is 2470. The Morgan fingerprint density at radius 1 is 1.09 bits per heavy atom. The number of ether oxygens (including phenoxy) is 3. The predicted molar refractivity (Wildman–Crippen MR) is 221 cm³/mol. The highest BCUT2D eigenvalue weighted by atomic mass is 16.7. The van der Waals surface area contributed by atoms with E-state index in [2.05, 4.69) is 46.5 Å². The van der Waals surface area contributed by atoms with Gasteiger partial charge in [0.2, 0.25) is 0 Å². The summed E-state index contributed by atoms with van der Waals surface area (Å²) in [5.41, 5.74) is 10.6. The quantitative estimate of drug-likeness (QED) is 0.0790. The van der Waals surface area contributed by atoms with E-state index in [1.165, 1.54) is 11.6 Å². The number of hydrogen-bond acceptors (Lipinski definition) is 13. The van der Waals surface area contributed by atoms with Crippen molar-refractivity contribution in [2.24, 2.45) is 4.99 Å². The van der Waals surface area contributed by atoms with Crippen molar-refractivity contribution in [1.29, 1.82) is 0 Å². The number of nitrogens with zero attached hydrogens (tertiary/aromatic N) is 4. The number of nitrogen functional groups attached to an aromatic ring is 1. The number of phenols is 1. The van der Waals surface area contributed by atoms with Gasteiger partial charge in [-0.15, -0.1) is 0 Å². The monoisotopic (exact) mass is 786 g/mol. The van der Waals surface area contributed by atoms with Crippen LogP contribution in [0.2, 0.25) is 0 Å². The first-order valence-electron chi connectivity index (χ1n) is 20.5. The molecular weight excluding hydrogens is 737 g/mol. The number of anilines is 2. The molecule has 58 heavy (non-hydrogen) atoms. The summed E-state index contributed by atoms with van der Waals surface area (Å²) in [5, 5.41) is 15.1. The maximum Gasteiger partial charge on any atom is 0.341 e. The third-order valence-electron chi connectivity index (χ3n) is 12.1. The van der Waals surface area contributed by atoms with Gasteiger partial charge in [-0.2, -0.15) is 0 Å². The second-order valence-corrected chi connectivity index (χ2v) is 16.8. The second-order valence-electron chi connectivity index (χ2n) is 16.8. The average Bonchev–Trinajstić information content (AvgIpc) is 3.49. The lowest BCUT2D eigenvalue weighted by molar-refractivity contribution is -0.173. The van der Waals surface area contributed by atoms with Crippen molar-refractivity contribution in [3.8, 4) is 22.8 Å². The average molecular weight is 787 g/mol. The van der Waals surface area contributed by atoms with Crippen molar-refractivity contribution < 1.29 is 28.5 Å². The van der Waals surface area contributed by atoms with Gasteiger partial charge in [-0.3, -0.25) is 9.79 Å². The zero-order chi connectivity index (χ0) is 40.3. The van der Waals surface area contributed by atoms with Crippen LogP contribution in [0.25, 0.3) is 22.2 Å². The molecule has 5 aliphatic rings. The molecule has 2 saturated heterocycles. The molecule has 4 aromatic rings. The normalized spacial score (nSPS) is 24.0. The van der Waals surface area contributed by atoms with Crippen LogP contribution in [0, 0.1) is 6.92 Å². The van der Waals surface area contributed by atoms with Crippen molar-refractivity contribution in [1.82, 2.24) is 14.9 Å². The standard InChI is InChI=1S/C45H50N6O7/c1-5-6-7-14-48-38-20-28(19-29(49-38)23-51-22-27-12-15-47-32(27)24-51)31-17-26(18-37(46)50-31)10-11-36-45(58-36)13-8-9-30-39-35(57-44(3,4)42(30)56-43(45)54)21-34-40(41(39)53)33(52)16-25(2)55-34/h12,15-21,24,30,36,42,53H,5-11,13-14,22-23H2,1-4H3,(H2,46,50)(H,48,49). The highest BCUT2D eigenvalue weighted by molar-refractivity contribution is 5.88. The van der Waals surface area contributed by atoms with Crippen LogP contribution in [0.3, 0.4) is 0 Å². The number of carbonyl (C=O) groups is 1. The Morgan fingerprint density at radius 3 is 2.78 bits per heavy atom. The lowest BCUT2D eigenvalue weighted by Crippen LogP contribution is -2.53. The number of aromatic hydroxyl groups is 1. The lowest BCUT2D eigenvalue weighted by atomic mass is 9.76. The summed E-state index contributed by atoms with van der Waals surface area (Å²) in [6.45, 7) is 9.88. The van der Waals surface area contributed by atoms with Crippen molar-refractivity contribution >= 4 is 34.8 Å². The van der Waals surface area contributed by atoms with Crippen molar-refractivity contribution in [3.05, 3.63) is 92.7 Å². The minimum atomic E-state index is -1.06. The second kappa shape index (κ2) is 14.6. The van der Waals surface area contributed by atoms with E-state index in [1.807, 2.05) is 32.2 Å². The number of hydrogen-bond donors (Lipinski definition) is 3. The van der Waals surface area contributed by atoms with Crippen molar-refractivity contribution in [3.63, 3.8) is 0 Å². The molecule has 13 heteroatoms. The molecule has 5 aliphatic heterocycles. The van der Waals surface area contributed by atoms with E-state index in [9.17, 15) is 14.7 Å². The highest BCUT2D eigenvalue weighted by Crippen LogP contribution is 2.54. The molecule has 3 aromatic heterocycles. The summed E-state index contributed by atoms with van der Waals surface area (Å²) in [6.07, 6.45) is 11.2. The minimum absolute atomic E-state index is 0.0983. The number of benzene rings is 1.